The first kappa shape index (κ1) is 14.8. The van der Waals surface area contributed by atoms with Crippen molar-refractivity contribution in [3.63, 3.8) is 0 Å². The van der Waals surface area contributed by atoms with Crippen molar-refractivity contribution in [2.75, 3.05) is 18.5 Å². The lowest BCUT2D eigenvalue weighted by Gasteiger charge is -2.07. The Morgan fingerprint density at radius 2 is 2.11 bits per heavy atom. The Bertz CT molecular complexity index is 338. The SMILES string of the molecule is CCNc1ccc(COCCCC(F)(F)F)cn1. The van der Waals surface area contributed by atoms with Gasteiger partial charge in [-0.2, -0.15) is 13.2 Å². The van der Waals surface area contributed by atoms with Crippen molar-refractivity contribution in [2.24, 2.45) is 0 Å². The van der Waals surface area contributed by atoms with Gasteiger partial charge in [-0.25, -0.2) is 4.98 Å². The summed E-state index contributed by atoms with van der Waals surface area (Å²) in [5, 5.41) is 3.05. The molecule has 0 aromatic carbocycles. The van der Waals surface area contributed by atoms with Gasteiger partial charge in [0.1, 0.15) is 5.82 Å². The van der Waals surface area contributed by atoms with Crippen LogP contribution in [0.4, 0.5) is 19.0 Å². The number of nitrogens with one attached hydrogen (secondary N) is 1. The highest BCUT2D eigenvalue weighted by molar-refractivity contribution is 5.34. The Balaban J connectivity index is 2.19. The molecule has 1 aromatic heterocycles. The maximum atomic E-state index is 11.9. The van der Waals surface area contributed by atoms with E-state index in [0.29, 0.717) is 0 Å². The van der Waals surface area contributed by atoms with Crippen LogP contribution in [0.3, 0.4) is 0 Å². The first-order valence-electron chi connectivity index (χ1n) is 5.84. The molecule has 0 atom stereocenters. The number of ether oxygens (including phenoxy) is 1. The highest BCUT2D eigenvalue weighted by atomic mass is 19.4. The molecule has 0 spiro atoms. The van der Waals surface area contributed by atoms with Crippen molar-refractivity contribution in [1.82, 2.24) is 4.98 Å². The van der Waals surface area contributed by atoms with E-state index in [1.54, 1.807) is 6.20 Å². The summed E-state index contributed by atoms with van der Waals surface area (Å²) in [6.07, 6.45) is -3.25. The van der Waals surface area contributed by atoms with Gasteiger partial charge in [-0.1, -0.05) is 6.07 Å². The lowest BCUT2D eigenvalue weighted by molar-refractivity contribution is -0.138. The predicted octanol–water partition coefficient (Wildman–Crippen LogP) is 3.37. The lowest BCUT2D eigenvalue weighted by Crippen LogP contribution is -2.08. The van der Waals surface area contributed by atoms with Crippen LogP contribution < -0.4 is 5.32 Å². The van der Waals surface area contributed by atoms with Gasteiger partial charge in [0.25, 0.3) is 0 Å². The van der Waals surface area contributed by atoms with E-state index in [-0.39, 0.29) is 19.6 Å². The van der Waals surface area contributed by atoms with Gasteiger partial charge < -0.3 is 10.1 Å². The fraction of sp³-hybridized carbons (Fsp3) is 0.583. The van der Waals surface area contributed by atoms with E-state index < -0.39 is 12.6 Å². The average molecular weight is 262 g/mol. The summed E-state index contributed by atoms with van der Waals surface area (Å²) in [6.45, 7) is 3.16. The highest BCUT2D eigenvalue weighted by Crippen LogP contribution is 2.21. The van der Waals surface area contributed by atoms with E-state index in [2.05, 4.69) is 10.3 Å². The van der Waals surface area contributed by atoms with Crippen molar-refractivity contribution in [1.29, 1.82) is 0 Å². The molecule has 0 bridgehead atoms. The van der Waals surface area contributed by atoms with E-state index in [0.717, 1.165) is 17.9 Å². The van der Waals surface area contributed by atoms with Crippen LogP contribution in [0, 0.1) is 0 Å². The molecule has 1 N–H and O–H groups in total. The molecule has 0 amide bonds. The zero-order chi connectivity index (χ0) is 13.4. The molecular formula is C12H17F3N2O. The molecule has 102 valence electrons. The molecule has 0 radical (unpaired) electrons. The molecule has 0 saturated carbocycles. The predicted molar refractivity (Wildman–Crippen MR) is 63.3 cm³/mol. The number of hydrogen-bond acceptors (Lipinski definition) is 3. The van der Waals surface area contributed by atoms with E-state index in [4.69, 9.17) is 4.74 Å². The molecule has 0 fully saturated rings. The Morgan fingerprint density at radius 3 is 2.67 bits per heavy atom. The van der Waals surface area contributed by atoms with Gasteiger partial charge in [0.15, 0.2) is 0 Å². The van der Waals surface area contributed by atoms with Crippen LogP contribution in [-0.4, -0.2) is 24.3 Å². The zero-order valence-corrected chi connectivity index (χ0v) is 10.3. The second-order valence-electron chi connectivity index (χ2n) is 3.85. The number of anilines is 1. The van der Waals surface area contributed by atoms with Gasteiger partial charge >= 0.3 is 6.18 Å². The standard InChI is InChI=1S/C12H17F3N2O/c1-2-16-11-5-4-10(8-17-11)9-18-7-3-6-12(13,14)15/h4-5,8H,2-3,6-7,9H2,1H3,(H,16,17). The summed E-state index contributed by atoms with van der Waals surface area (Å²) in [6, 6.07) is 3.66. The second kappa shape index (κ2) is 7.20. The van der Waals surface area contributed by atoms with Crippen LogP contribution in [-0.2, 0) is 11.3 Å². The number of rotatable bonds is 7. The second-order valence-corrected chi connectivity index (χ2v) is 3.85. The van der Waals surface area contributed by atoms with Crippen LogP contribution >= 0.6 is 0 Å². The van der Waals surface area contributed by atoms with Crippen LogP contribution in [0.25, 0.3) is 0 Å². The Kier molecular flexibility index (Phi) is 5.91. The van der Waals surface area contributed by atoms with Gasteiger partial charge in [0.05, 0.1) is 6.61 Å². The van der Waals surface area contributed by atoms with E-state index >= 15 is 0 Å². The summed E-state index contributed by atoms with van der Waals surface area (Å²) in [5.74, 6) is 0.776. The summed E-state index contributed by atoms with van der Waals surface area (Å²) in [4.78, 5) is 4.14. The first-order valence-corrected chi connectivity index (χ1v) is 5.84. The van der Waals surface area contributed by atoms with Crippen LogP contribution in [0.15, 0.2) is 18.3 Å². The minimum atomic E-state index is -4.10. The fourth-order valence-corrected chi connectivity index (χ4v) is 1.36. The average Bonchev–Trinajstić information content (AvgIpc) is 2.30. The molecule has 3 nitrogen and oxygen atoms in total. The third-order valence-corrected chi connectivity index (χ3v) is 2.20. The van der Waals surface area contributed by atoms with Crippen molar-refractivity contribution < 1.29 is 17.9 Å². The van der Waals surface area contributed by atoms with E-state index in [1.807, 2.05) is 19.1 Å². The number of hydrogen-bond donors (Lipinski definition) is 1. The molecule has 0 aliphatic carbocycles. The molecule has 1 heterocycles. The summed E-state index contributed by atoms with van der Waals surface area (Å²) >= 11 is 0. The summed E-state index contributed by atoms with van der Waals surface area (Å²) < 4.78 is 40.7. The molecule has 6 heteroatoms. The van der Waals surface area contributed by atoms with Crippen molar-refractivity contribution in [3.8, 4) is 0 Å². The molecule has 1 rings (SSSR count). The summed E-state index contributed by atoms with van der Waals surface area (Å²) in [7, 11) is 0. The molecule has 1 aromatic rings. The maximum Gasteiger partial charge on any atom is 0.389 e. The lowest BCUT2D eigenvalue weighted by atomic mass is 10.3. The third-order valence-electron chi connectivity index (χ3n) is 2.20. The fourth-order valence-electron chi connectivity index (χ4n) is 1.36. The smallest absolute Gasteiger partial charge is 0.377 e. The number of pyridine rings is 1. The topological polar surface area (TPSA) is 34.1 Å². The van der Waals surface area contributed by atoms with Crippen LogP contribution in [0.2, 0.25) is 0 Å². The van der Waals surface area contributed by atoms with E-state index in [1.165, 1.54) is 0 Å². The largest absolute Gasteiger partial charge is 0.389 e. The summed E-state index contributed by atoms with van der Waals surface area (Å²) in [5.41, 5.74) is 0.851. The molecule has 0 aliphatic heterocycles. The Labute approximate surface area is 104 Å². The third kappa shape index (κ3) is 6.44. The quantitative estimate of drug-likeness (QED) is 0.765. The van der Waals surface area contributed by atoms with Gasteiger partial charge in [0.2, 0.25) is 0 Å². The minimum absolute atomic E-state index is 0.00754. The normalized spacial score (nSPS) is 11.6. The van der Waals surface area contributed by atoms with Gasteiger partial charge in [-0.3, -0.25) is 0 Å². The molecule has 0 saturated heterocycles. The molecule has 0 unspecified atom stereocenters. The monoisotopic (exact) mass is 262 g/mol. The Morgan fingerprint density at radius 1 is 1.33 bits per heavy atom. The van der Waals surface area contributed by atoms with Gasteiger partial charge in [-0.05, 0) is 25.0 Å². The zero-order valence-electron chi connectivity index (χ0n) is 10.3. The van der Waals surface area contributed by atoms with Gasteiger partial charge in [0, 0.05) is 25.8 Å². The van der Waals surface area contributed by atoms with Gasteiger partial charge in [-0.15, -0.1) is 0 Å². The molecule has 0 aliphatic rings. The van der Waals surface area contributed by atoms with Crippen LogP contribution in [0.1, 0.15) is 25.3 Å². The molecular weight excluding hydrogens is 245 g/mol. The van der Waals surface area contributed by atoms with Crippen molar-refractivity contribution >= 4 is 5.82 Å². The van der Waals surface area contributed by atoms with E-state index in [9.17, 15) is 13.2 Å². The molecule has 18 heavy (non-hydrogen) atoms. The number of nitrogens with zero attached hydrogens (tertiary/aromatic N) is 1. The minimum Gasteiger partial charge on any atom is -0.377 e. The number of alkyl halides is 3. The van der Waals surface area contributed by atoms with Crippen LogP contribution in [0.5, 0.6) is 0 Å². The van der Waals surface area contributed by atoms with Crippen molar-refractivity contribution in [2.45, 2.75) is 32.5 Å². The van der Waals surface area contributed by atoms with Crippen molar-refractivity contribution in [3.05, 3.63) is 23.9 Å². The highest BCUT2D eigenvalue weighted by Gasteiger charge is 2.25. The maximum absolute atomic E-state index is 11.9. The first-order chi connectivity index (χ1) is 8.51. The number of aromatic nitrogens is 1. The number of halogens is 3. The Hall–Kier alpha value is -1.30.